The van der Waals surface area contributed by atoms with Gasteiger partial charge in [0.15, 0.2) is 0 Å². The van der Waals surface area contributed by atoms with Gasteiger partial charge in [0.05, 0.1) is 9.40 Å². The lowest BCUT2D eigenvalue weighted by Crippen LogP contribution is -2.09. The molecular formula is C8H7BrF2N2O3. The molecule has 0 aromatic heterocycles. The molecule has 88 valence electrons. The Labute approximate surface area is 97.5 Å². The van der Waals surface area contributed by atoms with Crippen LogP contribution in [-0.2, 0) is 0 Å². The highest BCUT2D eigenvalue weighted by atomic mass is 79.9. The summed E-state index contributed by atoms with van der Waals surface area (Å²) in [4.78, 5) is 9.90. The number of nitrogens with two attached hydrogens (primary N) is 1. The van der Waals surface area contributed by atoms with Crippen LogP contribution in [0.4, 0.5) is 20.2 Å². The van der Waals surface area contributed by atoms with E-state index >= 15 is 0 Å². The Balaban J connectivity index is 3.13. The summed E-state index contributed by atoms with van der Waals surface area (Å²) in [5.41, 5.74) is 4.71. The van der Waals surface area contributed by atoms with Crippen LogP contribution in [0.1, 0.15) is 0 Å². The number of benzene rings is 1. The number of anilines is 1. The van der Waals surface area contributed by atoms with Gasteiger partial charge in [-0.15, -0.1) is 0 Å². The first kappa shape index (κ1) is 12.6. The van der Waals surface area contributed by atoms with Crippen LogP contribution >= 0.6 is 15.9 Å². The Hall–Kier alpha value is -1.44. The third-order valence-electron chi connectivity index (χ3n) is 1.65. The Morgan fingerprint density at radius 2 is 2.19 bits per heavy atom. The molecule has 0 bridgehead atoms. The highest BCUT2D eigenvalue weighted by molar-refractivity contribution is 9.10. The summed E-state index contributed by atoms with van der Waals surface area (Å²) in [5, 5.41) is 10.7. The van der Waals surface area contributed by atoms with Crippen LogP contribution in [0.2, 0.25) is 0 Å². The van der Waals surface area contributed by atoms with Gasteiger partial charge >= 0.3 is 5.69 Å². The average molecular weight is 297 g/mol. The number of nitro groups is 1. The van der Waals surface area contributed by atoms with E-state index in [2.05, 4.69) is 20.7 Å². The summed E-state index contributed by atoms with van der Waals surface area (Å²) < 4.78 is 28.7. The van der Waals surface area contributed by atoms with Gasteiger partial charge in [0.1, 0.15) is 12.3 Å². The standard InChI is InChI=1S/C8H7BrF2N2O3/c9-4-1-2-5(12)7(13(14)15)8(4)16-3-6(10)11/h1-2,6H,3,12H2. The van der Waals surface area contributed by atoms with Gasteiger partial charge in [-0.3, -0.25) is 10.1 Å². The van der Waals surface area contributed by atoms with E-state index in [1.165, 1.54) is 12.1 Å². The fourth-order valence-corrected chi connectivity index (χ4v) is 1.47. The molecule has 0 aliphatic rings. The summed E-state index contributed by atoms with van der Waals surface area (Å²) in [5.74, 6) is -0.287. The number of nitrogen functional groups attached to an aromatic ring is 1. The molecule has 0 fully saturated rings. The molecule has 0 heterocycles. The van der Waals surface area contributed by atoms with Gasteiger partial charge in [-0.25, -0.2) is 8.78 Å². The number of rotatable bonds is 4. The molecule has 0 saturated heterocycles. The second-order valence-corrected chi connectivity index (χ2v) is 3.63. The van der Waals surface area contributed by atoms with Crippen LogP contribution in [0, 0.1) is 10.1 Å². The molecular weight excluding hydrogens is 290 g/mol. The van der Waals surface area contributed by atoms with Gasteiger partial charge in [-0.05, 0) is 28.1 Å². The summed E-state index contributed by atoms with van der Waals surface area (Å²) >= 11 is 2.97. The van der Waals surface area contributed by atoms with Crippen molar-refractivity contribution in [2.75, 3.05) is 12.3 Å². The molecule has 16 heavy (non-hydrogen) atoms. The van der Waals surface area contributed by atoms with Crippen molar-refractivity contribution in [2.24, 2.45) is 0 Å². The number of halogens is 3. The molecule has 8 heteroatoms. The lowest BCUT2D eigenvalue weighted by Gasteiger charge is -2.09. The predicted octanol–water partition coefficient (Wildman–Crippen LogP) is 2.58. The first-order valence-electron chi connectivity index (χ1n) is 4.06. The van der Waals surface area contributed by atoms with E-state index in [4.69, 9.17) is 5.73 Å². The minimum atomic E-state index is -2.71. The molecule has 5 nitrogen and oxygen atoms in total. The van der Waals surface area contributed by atoms with Crippen molar-refractivity contribution in [3.8, 4) is 5.75 Å². The molecule has 0 radical (unpaired) electrons. The lowest BCUT2D eigenvalue weighted by atomic mass is 10.2. The molecule has 1 aromatic carbocycles. The molecule has 0 saturated carbocycles. The molecule has 0 unspecified atom stereocenters. The highest BCUT2D eigenvalue weighted by Crippen LogP contribution is 2.39. The molecule has 1 rings (SSSR count). The van der Waals surface area contributed by atoms with Crippen molar-refractivity contribution in [2.45, 2.75) is 6.43 Å². The first-order valence-corrected chi connectivity index (χ1v) is 4.86. The number of nitro benzene ring substituents is 1. The monoisotopic (exact) mass is 296 g/mol. The number of nitrogens with zero attached hydrogens (tertiary/aromatic N) is 1. The molecule has 0 amide bonds. The molecule has 2 N–H and O–H groups in total. The molecule has 0 aliphatic heterocycles. The zero-order chi connectivity index (χ0) is 12.3. The zero-order valence-corrected chi connectivity index (χ0v) is 9.41. The van der Waals surface area contributed by atoms with Crippen molar-refractivity contribution in [1.29, 1.82) is 0 Å². The number of hydrogen-bond donors (Lipinski definition) is 1. The van der Waals surface area contributed by atoms with Gasteiger partial charge in [-0.2, -0.15) is 0 Å². The van der Waals surface area contributed by atoms with E-state index in [1.54, 1.807) is 0 Å². The number of alkyl halides is 2. The van der Waals surface area contributed by atoms with Crippen molar-refractivity contribution in [3.63, 3.8) is 0 Å². The molecule has 1 aromatic rings. The maximum atomic E-state index is 11.9. The average Bonchev–Trinajstić information content (AvgIpc) is 2.18. The fraction of sp³-hybridized carbons (Fsp3) is 0.250. The quantitative estimate of drug-likeness (QED) is 0.526. The highest BCUT2D eigenvalue weighted by Gasteiger charge is 2.23. The van der Waals surface area contributed by atoms with Gasteiger partial charge in [0, 0.05) is 0 Å². The van der Waals surface area contributed by atoms with Crippen molar-refractivity contribution >= 4 is 27.3 Å². The van der Waals surface area contributed by atoms with E-state index in [9.17, 15) is 18.9 Å². The van der Waals surface area contributed by atoms with Gasteiger partial charge in [0.2, 0.25) is 5.75 Å². The van der Waals surface area contributed by atoms with Gasteiger partial charge < -0.3 is 10.5 Å². The maximum Gasteiger partial charge on any atom is 0.334 e. The van der Waals surface area contributed by atoms with Crippen LogP contribution < -0.4 is 10.5 Å². The second-order valence-electron chi connectivity index (χ2n) is 2.77. The largest absolute Gasteiger partial charge is 0.480 e. The van der Waals surface area contributed by atoms with Crippen LogP contribution in [0.3, 0.4) is 0 Å². The molecule has 0 aliphatic carbocycles. The third kappa shape index (κ3) is 2.78. The van der Waals surface area contributed by atoms with Crippen LogP contribution in [0.25, 0.3) is 0 Å². The molecule has 0 spiro atoms. The van der Waals surface area contributed by atoms with Crippen LogP contribution in [-0.4, -0.2) is 18.0 Å². The first-order chi connectivity index (χ1) is 7.43. The molecule has 0 atom stereocenters. The second kappa shape index (κ2) is 5.06. The smallest absolute Gasteiger partial charge is 0.334 e. The Kier molecular flexibility index (Phi) is 3.99. The van der Waals surface area contributed by atoms with E-state index in [-0.39, 0.29) is 15.9 Å². The van der Waals surface area contributed by atoms with Crippen LogP contribution in [0.15, 0.2) is 16.6 Å². The van der Waals surface area contributed by atoms with E-state index in [1.807, 2.05) is 0 Å². The normalized spacial score (nSPS) is 10.5. The SMILES string of the molecule is Nc1ccc(Br)c(OCC(F)F)c1[N+](=O)[O-]. The fourth-order valence-electron chi connectivity index (χ4n) is 1.03. The predicted molar refractivity (Wildman–Crippen MR) is 56.7 cm³/mol. The maximum absolute atomic E-state index is 11.9. The van der Waals surface area contributed by atoms with Crippen LogP contribution in [0.5, 0.6) is 5.75 Å². The van der Waals surface area contributed by atoms with Gasteiger partial charge in [0.25, 0.3) is 6.43 Å². The topological polar surface area (TPSA) is 78.4 Å². The number of hydrogen-bond acceptors (Lipinski definition) is 4. The summed E-state index contributed by atoms with van der Waals surface area (Å²) in [6, 6.07) is 2.68. The third-order valence-corrected chi connectivity index (χ3v) is 2.28. The lowest BCUT2D eigenvalue weighted by molar-refractivity contribution is -0.385. The minimum absolute atomic E-state index is 0.141. The Bertz CT molecular complexity index is 415. The minimum Gasteiger partial charge on any atom is -0.480 e. The number of ether oxygens (including phenoxy) is 1. The van der Waals surface area contributed by atoms with Crippen molar-refractivity contribution in [1.82, 2.24) is 0 Å². The van der Waals surface area contributed by atoms with Gasteiger partial charge in [-0.1, -0.05) is 0 Å². The van der Waals surface area contributed by atoms with E-state index < -0.39 is 23.6 Å². The van der Waals surface area contributed by atoms with E-state index in [0.29, 0.717) is 0 Å². The van der Waals surface area contributed by atoms with Crippen molar-refractivity contribution < 1.29 is 18.4 Å². The Morgan fingerprint density at radius 3 is 2.69 bits per heavy atom. The van der Waals surface area contributed by atoms with E-state index in [0.717, 1.165) is 0 Å². The summed E-state index contributed by atoms with van der Waals surface area (Å²) in [7, 11) is 0. The summed E-state index contributed by atoms with van der Waals surface area (Å²) in [6.45, 7) is -0.928. The Morgan fingerprint density at radius 1 is 1.56 bits per heavy atom. The summed E-state index contributed by atoms with van der Waals surface area (Å²) in [6.07, 6.45) is -2.71. The van der Waals surface area contributed by atoms with Crippen molar-refractivity contribution in [3.05, 3.63) is 26.7 Å². The zero-order valence-electron chi connectivity index (χ0n) is 7.82.